The number of nitrogens with zero attached hydrogens (tertiary/aromatic N) is 1. The highest BCUT2D eigenvalue weighted by Gasteiger charge is 2.12. The molecule has 1 aromatic rings. The van der Waals surface area contributed by atoms with Crippen LogP contribution in [0.3, 0.4) is 0 Å². The van der Waals surface area contributed by atoms with Crippen LogP contribution in [0.5, 0.6) is 5.75 Å². The van der Waals surface area contributed by atoms with Crippen molar-refractivity contribution in [2.75, 3.05) is 20.2 Å². The number of nitrogens with two attached hydrogens (primary N) is 1. The maximum absolute atomic E-state index is 5.79. The van der Waals surface area contributed by atoms with Crippen LogP contribution in [-0.2, 0) is 6.54 Å². The van der Waals surface area contributed by atoms with E-state index in [2.05, 4.69) is 44.7 Å². The van der Waals surface area contributed by atoms with Gasteiger partial charge in [-0.3, -0.25) is 4.90 Å². The summed E-state index contributed by atoms with van der Waals surface area (Å²) in [6.07, 6.45) is 0. The minimum atomic E-state index is 0.382. The average molecular weight is 308 g/mol. The van der Waals surface area contributed by atoms with Crippen molar-refractivity contribution < 1.29 is 4.74 Å². The van der Waals surface area contributed by atoms with Gasteiger partial charge in [-0.25, -0.2) is 0 Å². The van der Waals surface area contributed by atoms with Gasteiger partial charge in [-0.1, -0.05) is 46.0 Å². The van der Waals surface area contributed by atoms with Gasteiger partial charge in [-0.15, -0.1) is 0 Å². The molecule has 2 N–H and O–H groups in total. The van der Waals surface area contributed by atoms with Gasteiger partial charge in [0.25, 0.3) is 0 Å². The molecule has 4 heteroatoms. The molecular weight excluding hydrogens is 280 g/mol. The summed E-state index contributed by atoms with van der Waals surface area (Å²) in [4.78, 5) is 2.87. The van der Waals surface area contributed by atoms with E-state index in [1.165, 1.54) is 5.56 Å². The largest absolute Gasteiger partial charge is 0.496 e. The highest BCUT2D eigenvalue weighted by molar-refractivity contribution is 7.80. The van der Waals surface area contributed by atoms with Crippen LogP contribution in [0.25, 0.3) is 0 Å². The van der Waals surface area contributed by atoms with Crippen molar-refractivity contribution in [3.63, 3.8) is 0 Å². The van der Waals surface area contributed by atoms with Crippen molar-refractivity contribution in [2.45, 2.75) is 34.2 Å². The summed E-state index contributed by atoms with van der Waals surface area (Å²) in [6, 6.07) is 6.09. The van der Waals surface area contributed by atoms with E-state index in [-0.39, 0.29) is 0 Å². The van der Waals surface area contributed by atoms with E-state index >= 15 is 0 Å². The Kier molecular flexibility index (Phi) is 7.12. The lowest BCUT2D eigenvalue weighted by Crippen LogP contribution is -2.31. The number of ether oxygens (including phenoxy) is 1. The van der Waals surface area contributed by atoms with Crippen molar-refractivity contribution >= 4 is 17.2 Å². The molecule has 118 valence electrons. The van der Waals surface area contributed by atoms with E-state index in [4.69, 9.17) is 22.7 Å². The molecule has 0 aliphatic rings. The molecule has 0 aliphatic heterocycles. The van der Waals surface area contributed by atoms with Crippen molar-refractivity contribution in [2.24, 2.45) is 17.6 Å². The first-order valence-corrected chi connectivity index (χ1v) is 7.93. The summed E-state index contributed by atoms with van der Waals surface area (Å²) in [5.74, 6) is 2.04. The van der Waals surface area contributed by atoms with E-state index in [0.29, 0.717) is 16.8 Å². The van der Waals surface area contributed by atoms with Crippen LogP contribution in [-0.4, -0.2) is 30.1 Å². The number of hydrogen-bond acceptors (Lipinski definition) is 3. The van der Waals surface area contributed by atoms with Gasteiger partial charge < -0.3 is 10.5 Å². The van der Waals surface area contributed by atoms with Crippen molar-refractivity contribution in [1.82, 2.24) is 4.90 Å². The molecule has 0 amide bonds. The Morgan fingerprint density at radius 2 is 1.76 bits per heavy atom. The zero-order valence-electron chi connectivity index (χ0n) is 13.8. The number of thiocarbonyl (C=S) groups is 1. The number of rotatable bonds is 8. The number of benzene rings is 1. The van der Waals surface area contributed by atoms with E-state index in [9.17, 15) is 0 Å². The lowest BCUT2D eigenvalue weighted by Gasteiger charge is -2.26. The fraction of sp³-hybridized carbons (Fsp3) is 0.588. The van der Waals surface area contributed by atoms with E-state index in [1.807, 2.05) is 6.07 Å². The van der Waals surface area contributed by atoms with Crippen LogP contribution in [0.1, 0.15) is 38.8 Å². The zero-order chi connectivity index (χ0) is 16.0. The Labute approximate surface area is 134 Å². The fourth-order valence-corrected chi connectivity index (χ4v) is 2.70. The molecule has 0 fully saturated rings. The Bertz CT molecular complexity index is 462. The van der Waals surface area contributed by atoms with Crippen LogP contribution < -0.4 is 10.5 Å². The molecule has 0 heterocycles. The SMILES string of the molecule is COc1ccc(CN(CC(C)C)CC(C)C)cc1C(N)=S. The van der Waals surface area contributed by atoms with Gasteiger partial charge in [0, 0.05) is 19.6 Å². The monoisotopic (exact) mass is 308 g/mol. The fourth-order valence-electron chi connectivity index (χ4n) is 2.54. The summed E-state index contributed by atoms with van der Waals surface area (Å²) >= 11 is 5.11. The predicted molar refractivity (Wildman–Crippen MR) is 93.8 cm³/mol. The highest BCUT2D eigenvalue weighted by atomic mass is 32.1. The normalized spacial score (nSPS) is 11.4. The summed E-state index contributed by atoms with van der Waals surface area (Å²) in [5.41, 5.74) is 7.83. The summed E-state index contributed by atoms with van der Waals surface area (Å²) in [5, 5.41) is 0. The molecule has 0 saturated heterocycles. The molecule has 0 aromatic heterocycles. The minimum Gasteiger partial charge on any atom is -0.496 e. The van der Waals surface area contributed by atoms with Crippen LogP contribution >= 0.6 is 12.2 Å². The molecule has 0 atom stereocenters. The minimum absolute atomic E-state index is 0.382. The third-order valence-electron chi connectivity index (χ3n) is 3.18. The van der Waals surface area contributed by atoms with Crippen molar-refractivity contribution in [3.8, 4) is 5.75 Å². The van der Waals surface area contributed by atoms with Gasteiger partial charge in [0.1, 0.15) is 10.7 Å². The lowest BCUT2D eigenvalue weighted by atomic mass is 10.1. The molecule has 0 bridgehead atoms. The van der Waals surface area contributed by atoms with Crippen LogP contribution in [0, 0.1) is 11.8 Å². The maximum atomic E-state index is 5.79. The molecule has 0 unspecified atom stereocenters. The number of methoxy groups -OCH3 is 1. The highest BCUT2D eigenvalue weighted by Crippen LogP contribution is 2.21. The first-order valence-electron chi connectivity index (χ1n) is 7.52. The summed E-state index contributed by atoms with van der Waals surface area (Å²) < 4.78 is 5.31. The van der Waals surface area contributed by atoms with Crippen LogP contribution in [0.15, 0.2) is 18.2 Å². The second-order valence-electron chi connectivity index (χ2n) is 6.38. The Morgan fingerprint density at radius 3 is 2.19 bits per heavy atom. The molecule has 0 radical (unpaired) electrons. The quantitative estimate of drug-likeness (QED) is 0.747. The van der Waals surface area contributed by atoms with Crippen LogP contribution in [0.4, 0.5) is 0 Å². The topological polar surface area (TPSA) is 38.5 Å². The molecule has 21 heavy (non-hydrogen) atoms. The zero-order valence-corrected chi connectivity index (χ0v) is 14.7. The van der Waals surface area contributed by atoms with Gasteiger partial charge in [-0.2, -0.15) is 0 Å². The summed E-state index contributed by atoms with van der Waals surface area (Å²) in [6.45, 7) is 12.1. The molecule has 0 spiro atoms. The second kappa shape index (κ2) is 8.35. The molecule has 1 rings (SSSR count). The predicted octanol–water partition coefficient (Wildman–Crippen LogP) is 3.44. The molecule has 0 aliphatic carbocycles. The van der Waals surface area contributed by atoms with Crippen LogP contribution in [0.2, 0.25) is 0 Å². The first kappa shape index (κ1) is 17.9. The average Bonchev–Trinajstić information content (AvgIpc) is 2.36. The summed E-state index contributed by atoms with van der Waals surface area (Å²) in [7, 11) is 1.64. The molecule has 0 saturated carbocycles. The standard InChI is InChI=1S/C17H28N2OS/c1-12(2)9-19(10-13(3)4)11-14-6-7-16(20-5)15(8-14)17(18)21/h6-8,12-13H,9-11H2,1-5H3,(H2,18,21). The number of hydrogen-bond donors (Lipinski definition) is 1. The van der Waals surface area contributed by atoms with Gasteiger partial charge in [0.05, 0.1) is 12.7 Å². The smallest absolute Gasteiger partial charge is 0.129 e. The third kappa shape index (κ3) is 6.02. The van der Waals surface area contributed by atoms with E-state index in [0.717, 1.165) is 30.9 Å². The molecular formula is C17H28N2OS. The van der Waals surface area contributed by atoms with Gasteiger partial charge in [0.15, 0.2) is 0 Å². The Balaban J connectivity index is 2.92. The Morgan fingerprint density at radius 1 is 1.19 bits per heavy atom. The van der Waals surface area contributed by atoms with Gasteiger partial charge >= 0.3 is 0 Å². The second-order valence-corrected chi connectivity index (χ2v) is 6.82. The van der Waals surface area contributed by atoms with Gasteiger partial charge in [0.2, 0.25) is 0 Å². The Hall–Kier alpha value is -1.13. The van der Waals surface area contributed by atoms with E-state index in [1.54, 1.807) is 7.11 Å². The molecule has 3 nitrogen and oxygen atoms in total. The molecule has 1 aromatic carbocycles. The maximum Gasteiger partial charge on any atom is 0.129 e. The lowest BCUT2D eigenvalue weighted by molar-refractivity contribution is 0.211. The van der Waals surface area contributed by atoms with Crippen molar-refractivity contribution in [3.05, 3.63) is 29.3 Å². The van der Waals surface area contributed by atoms with Gasteiger partial charge in [-0.05, 0) is 29.5 Å². The third-order valence-corrected chi connectivity index (χ3v) is 3.40. The first-order chi connectivity index (χ1) is 9.83. The van der Waals surface area contributed by atoms with Crippen molar-refractivity contribution in [1.29, 1.82) is 0 Å². The van der Waals surface area contributed by atoms with E-state index < -0.39 is 0 Å².